The number of fused-ring (bicyclic) bond motifs is 2. The van der Waals surface area contributed by atoms with Crippen LogP contribution in [0.15, 0.2) is 27.6 Å². The van der Waals surface area contributed by atoms with Gasteiger partial charge in [-0.25, -0.2) is 15.0 Å². The van der Waals surface area contributed by atoms with E-state index in [9.17, 15) is 4.79 Å². The molecule has 0 saturated heterocycles. The number of hydrogen-bond donors (Lipinski definition) is 1. The Hall–Kier alpha value is -1.77. The standard InChI is InChI=1S/C16H14N4OS3/c1-7-8(2)23-16-11(7)13(21)19-12(20-16)9(3)24-15-10-4-5-22-14(10)17-6-18-15/h4-6,9H,1-3H3,(H,19,20,21)/t9-/m0/s1. The van der Waals surface area contributed by atoms with Crippen LogP contribution in [0.4, 0.5) is 0 Å². The largest absolute Gasteiger partial charge is 0.309 e. The molecule has 0 unspecified atom stereocenters. The van der Waals surface area contributed by atoms with Crippen molar-refractivity contribution in [1.82, 2.24) is 19.9 Å². The molecular weight excluding hydrogens is 360 g/mol. The quantitative estimate of drug-likeness (QED) is 0.423. The van der Waals surface area contributed by atoms with Crippen molar-refractivity contribution in [2.45, 2.75) is 31.0 Å². The Morgan fingerprint density at radius 1 is 1.25 bits per heavy atom. The second-order valence-electron chi connectivity index (χ2n) is 5.49. The van der Waals surface area contributed by atoms with Crippen molar-refractivity contribution >= 4 is 54.9 Å². The number of nitrogens with zero attached hydrogens (tertiary/aromatic N) is 3. The number of thioether (sulfide) groups is 1. The average Bonchev–Trinajstić information content (AvgIpc) is 3.13. The third-order valence-corrected chi connectivity index (χ3v) is 7.00. The predicted octanol–water partition coefficient (Wildman–Crippen LogP) is 4.46. The second-order valence-corrected chi connectivity index (χ2v) is 8.92. The zero-order valence-corrected chi connectivity index (χ0v) is 15.7. The van der Waals surface area contributed by atoms with Gasteiger partial charge in [-0.3, -0.25) is 4.79 Å². The second kappa shape index (κ2) is 5.94. The zero-order valence-electron chi connectivity index (χ0n) is 13.3. The van der Waals surface area contributed by atoms with Gasteiger partial charge in [-0.2, -0.15) is 0 Å². The number of nitrogens with one attached hydrogen (secondary N) is 1. The highest BCUT2D eigenvalue weighted by atomic mass is 32.2. The number of aromatic amines is 1. The highest BCUT2D eigenvalue weighted by molar-refractivity contribution is 7.99. The fraction of sp³-hybridized carbons (Fsp3) is 0.250. The third-order valence-electron chi connectivity index (χ3n) is 3.96. The molecule has 0 spiro atoms. The van der Waals surface area contributed by atoms with Crippen LogP contribution in [-0.2, 0) is 0 Å². The minimum absolute atomic E-state index is 0.0113. The van der Waals surface area contributed by atoms with Crippen LogP contribution in [0.3, 0.4) is 0 Å². The number of aryl methyl sites for hydroxylation is 2. The number of rotatable bonds is 3. The van der Waals surface area contributed by atoms with E-state index in [1.807, 2.05) is 32.2 Å². The Morgan fingerprint density at radius 2 is 2.08 bits per heavy atom. The molecule has 0 fully saturated rings. The number of aromatic nitrogens is 4. The van der Waals surface area contributed by atoms with E-state index in [0.29, 0.717) is 11.2 Å². The van der Waals surface area contributed by atoms with Gasteiger partial charge in [0.15, 0.2) is 0 Å². The molecule has 24 heavy (non-hydrogen) atoms. The third kappa shape index (κ3) is 2.54. The van der Waals surface area contributed by atoms with Crippen LogP contribution in [0.5, 0.6) is 0 Å². The maximum atomic E-state index is 12.4. The van der Waals surface area contributed by atoms with Gasteiger partial charge < -0.3 is 4.98 Å². The molecule has 1 N–H and O–H groups in total. The molecular formula is C16H14N4OS3. The SMILES string of the molecule is Cc1sc2nc([C@H](C)Sc3ncnc4sccc34)[nH]c(=O)c2c1C. The van der Waals surface area contributed by atoms with Crippen LogP contribution in [-0.4, -0.2) is 19.9 Å². The number of H-pyrrole nitrogens is 1. The van der Waals surface area contributed by atoms with Gasteiger partial charge in [0, 0.05) is 10.3 Å². The van der Waals surface area contributed by atoms with Gasteiger partial charge in [0.1, 0.15) is 26.8 Å². The van der Waals surface area contributed by atoms with Crippen molar-refractivity contribution in [3.05, 3.63) is 44.4 Å². The Bertz CT molecular complexity index is 1110. The summed E-state index contributed by atoms with van der Waals surface area (Å²) >= 11 is 4.75. The highest BCUT2D eigenvalue weighted by Gasteiger charge is 2.17. The molecule has 0 saturated carbocycles. The Morgan fingerprint density at radius 3 is 2.92 bits per heavy atom. The molecule has 0 amide bonds. The van der Waals surface area contributed by atoms with Crippen LogP contribution < -0.4 is 5.56 Å². The molecule has 0 aliphatic rings. The minimum Gasteiger partial charge on any atom is -0.309 e. The monoisotopic (exact) mass is 374 g/mol. The summed E-state index contributed by atoms with van der Waals surface area (Å²) in [7, 11) is 0. The molecule has 0 bridgehead atoms. The van der Waals surface area contributed by atoms with Gasteiger partial charge in [0.05, 0.1) is 10.6 Å². The molecule has 4 aromatic heterocycles. The summed E-state index contributed by atoms with van der Waals surface area (Å²) in [5.41, 5.74) is 0.957. The molecule has 1 atom stereocenters. The normalized spacial score (nSPS) is 13.0. The van der Waals surface area contributed by atoms with E-state index in [1.54, 1.807) is 40.8 Å². The number of hydrogen-bond acceptors (Lipinski definition) is 7. The maximum absolute atomic E-state index is 12.4. The van der Waals surface area contributed by atoms with E-state index in [-0.39, 0.29) is 10.8 Å². The summed E-state index contributed by atoms with van der Waals surface area (Å²) in [6, 6.07) is 2.03. The van der Waals surface area contributed by atoms with Gasteiger partial charge in [0.2, 0.25) is 0 Å². The minimum atomic E-state index is -0.0623. The first-order valence-electron chi connectivity index (χ1n) is 7.39. The summed E-state index contributed by atoms with van der Waals surface area (Å²) in [4.78, 5) is 31.6. The summed E-state index contributed by atoms with van der Waals surface area (Å²) in [5.74, 6) is 0.681. The molecule has 5 nitrogen and oxygen atoms in total. The van der Waals surface area contributed by atoms with E-state index >= 15 is 0 Å². The predicted molar refractivity (Wildman–Crippen MR) is 101 cm³/mol. The molecule has 0 aliphatic carbocycles. The summed E-state index contributed by atoms with van der Waals surface area (Å²) < 4.78 is 0. The van der Waals surface area contributed by atoms with Crippen molar-refractivity contribution in [3.8, 4) is 0 Å². The first-order valence-corrected chi connectivity index (χ1v) is 9.97. The van der Waals surface area contributed by atoms with Gasteiger partial charge in [-0.15, -0.1) is 22.7 Å². The van der Waals surface area contributed by atoms with E-state index in [4.69, 9.17) is 0 Å². The van der Waals surface area contributed by atoms with Crippen molar-refractivity contribution in [1.29, 1.82) is 0 Å². The van der Waals surface area contributed by atoms with Crippen LogP contribution in [0.1, 0.15) is 28.4 Å². The molecule has 0 aromatic carbocycles. The van der Waals surface area contributed by atoms with Crippen LogP contribution >= 0.6 is 34.4 Å². The molecule has 0 aliphatic heterocycles. The van der Waals surface area contributed by atoms with Gasteiger partial charge in [0.25, 0.3) is 5.56 Å². The fourth-order valence-electron chi connectivity index (χ4n) is 2.55. The molecule has 4 rings (SSSR count). The molecule has 8 heteroatoms. The first-order chi connectivity index (χ1) is 11.5. The van der Waals surface area contributed by atoms with Gasteiger partial charge >= 0.3 is 0 Å². The Labute approximate surface area is 150 Å². The van der Waals surface area contributed by atoms with Crippen LogP contribution in [0.2, 0.25) is 0 Å². The van der Waals surface area contributed by atoms with Crippen molar-refractivity contribution in [2.75, 3.05) is 0 Å². The molecule has 4 heterocycles. The summed E-state index contributed by atoms with van der Waals surface area (Å²) in [5, 5.41) is 4.67. The van der Waals surface area contributed by atoms with Crippen LogP contribution in [0.25, 0.3) is 20.4 Å². The van der Waals surface area contributed by atoms with Gasteiger partial charge in [-0.1, -0.05) is 11.8 Å². The molecule has 4 aromatic rings. The lowest BCUT2D eigenvalue weighted by Gasteiger charge is -2.10. The van der Waals surface area contributed by atoms with Crippen molar-refractivity contribution in [3.63, 3.8) is 0 Å². The van der Waals surface area contributed by atoms with E-state index < -0.39 is 0 Å². The van der Waals surface area contributed by atoms with Crippen molar-refractivity contribution < 1.29 is 0 Å². The Balaban J connectivity index is 1.74. The van der Waals surface area contributed by atoms with E-state index in [2.05, 4.69) is 19.9 Å². The molecule has 0 radical (unpaired) electrons. The topological polar surface area (TPSA) is 71.5 Å². The lowest BCUT2D eigenvalue weighted by Crippen LogP contribution is -2.12. The smallest absolute Gasteiger partial charge is 0.259 e. The van der Waals surface area contributed by atoms with Crippen molar-refractivity contribution in [2.24, 2.45) is 0 Å². The van der Waals surface area contributed by atoms with E-state index in [1.165, 1.54) is 0 Å². The van der Waals surface area contributed by atoms with Crippen LogP contribution in [0, 0.1) is 13.8 Å². The summed E-state index contributed by atoms with van der Waals surface area (Å²) in [6.07, 6.45) is 1.58. The Kier molecular flexibility index (Phi) is 3.90. The van der Waals surface area contributed by atoms with Gasteiger partial charge in [-0.05, 0) is 37.8 Å². The zero-order chi connectivity index (χ0) is 16.8. The fourth-order valence-corrected chi connectivity index (χ4v) is 5.34. The lowest BCUT2D eigenvalue weighted by atomic mass is 10.2. The lowest BCUT2D eigenvalue weighted by molar-refractivity contribution is 0.921. The maximum Gasteiger partial charge on any atom is 0.259 e. The molecule has 122 valence electrons. The highest BCUT2D eigenvalue weighted by Crippen LogP contribution is 2.37. The average molecular weight is 375 g/mol. The van der Waals surface area contributed by atoms with E-state index in [0.717, 1.165) is 30.5 Å². The first kappa shape index (κ1) is 15.7. The summed E-state index contributed by atoms with van der Waals surface area (Å²) in [6.45, 7) is 6.02. The number of thiophene rings is 2.